The average Bonchev–Trinajstić information content (AvgIpc) is 3.14. The van der Waals surface area contributed by atoms with Gasteiger partial charge in [0, 0.05) is 28.0 Å². The first-order valence-corrected chi connectivity index (χ1v) is 9.71. The van der Waals surface area contributed by atoms with Crippen LogP contribution in [-0.2, 0) is 16.8 Å². The molecular formula is C21H18ClN3OS. The molecule has 1 N–H and O–H groups in total. The van der Waals surface area contributed by atoms with E-state index in [-0.39, 0.29) is 11.9 Å². The molecule has 6 heteroatoms. The lowest BCUT2D eigenvalue weighted by atomic mass is 9.85. The zero-order valence-corrected chi connectivity index (χ0v) is 16.6. The minimum Gasteiger partial charge on any atom is -0.356 e. The van der Waals surface area contributed by atoms with E-state index < -0.39 is 5.54 Å². The Balaban J connectivity index is 1.65. The number of nitrogens with zero attached hydrogens (tertiary/aromatic N) is 2. The Bertz CT molecular complexity index is 1100. The summed E-state index contributed by atoms with van der Waals surface area (Å²) in [6.07, 6.45) is 0.645. The zero-order valence-electron chi connectivity index (χ0n) is 15.0. The molecule has 0 bridgehead atoms. The molecule has 0 unspecified atom stereocenters. The van der Waals surface area contributed by atoms with E-state index in [1.807, 2.05) is 24.3 Å². The molecule has 1 aromatic heterocycles. The standard InChI is InChI=1S/C21H18ClN3OS/c1-21(2)18-15(14-5-3-4-6-16(14)23-18)11-17-19(26)24(20(27)25(17)21)13-9-7-12(22)8-10-13/h3-10,17,23H,11H2,1-2H3/t17-/m0/s1. The molecule has 1 amide bonds. The van der Waals surface area contributed by atoms with Gasteiger partial charge in [0.05, 0.1) is 11.2 Å². The molecule has 1 fully saturated rings. The third kappa shape index (κ3) is 2.22. The van der Waals surface area contributed by atoms with Gasteiger partial charge in [0.2, 0.25) is 0 Å². The van der Waals surface area contributed by atoms with E-state index in [4.69, 9.17) is 23.8 Å². The zero-order chi connectivity index (χ0) is 18.9. The molecule has 4 nitrogen and oxygen atoms in total. The number of carbonyl (C=O) groups excluding carboxylic acids is 1. The molecule has 136 valence electrons. The van der Waals surface area contributed by atoms with Gasteiger partial charge < -0.3 is 9.88 Å². The molecule has 2 aliphatic heterocycles. The van der Waals surface area contributed by atoms with E-state index in [0.29, 0.717) is 16.6 Å². The van der Waals surface area contributed by atoms with Crippen LogP contribution < -0.4 is 4.90 Å². The Kier molecular flexibility index (Phi) is 3.46. The fourth-order valence-electron chi connectivity index (χ4n) is 4.48. The van der Waals surface area contributed by atoms with E-state index >= 15 is 0 Å². The summed E-state index contributed by atoms with van der Waals surface area (Å²) in [6, 6.07) is 15.2. The predicted molar refractivity (Wildman–Crippen MR) is 112 cm³/mol. The number of H-pyrrole nitrogens is 1. The summed E-state index contributed by atoms with van der Waals surface area (Å²) in [5, 5.41) is 2.36. The number of benzene rings is 2. The molecule has 0 spiro atoms. The lowest BCUT2D eigenvalue weighted by Crippen LogP contribution is -2.52. The molecule has 27 heavy (non-hydrogen) atoms. The number of halogens is 1. The lowest BCUT2D eigenvalue weighted by molar-refractivity contribution is -0.121. The van der Waals surface area contributed by atoms with E-state index in [0.717, 1.165) is 16.9 Å². The van der Waals surface area contributed by atoms with Gasteiger partial charge in [-0.2, -0.15) is 0 Å². The number of hydrogen-bond donors (Lipinski definition) is 1. The number of para-hydroxylation sites is 1. The maximum atomic E-state index is 13.3. The first kappa shape index (κ1) is 16.8. The number of fused-ring (bicyclic) bond motifs is 4. The SMILES string of the molecule is CC1(C)c2[nH]c3ccccc3c2C[C@H]2C(=O)N(c3ccc(Cl)cc3)C(=S)N21. The normalized spacial score (nSPS) is 20.9. The predicted octanol–water partition coefficient (Wildman–Crippen LogP) is 4.61. The van der Waals surface area contributed by atoms with Gasteiger partial charge in [0.25, 0.3) is 5.91 Å². The lowest BCUT2D eigenvalue weighted by Gasteiger charge is -2.43. The van der Waals surface area contributed by atoms with Crippen molar-refractivity contribution in [3.05, 3.63) is 64.8 Å². The first-order chi connectivity index (χ1) is 12.9. The topological polar surface area (TPSA) is 39.3 Å². The summed E-state index contributed by atoms with van der Waals surface area (Å²) in [6.45, 7) is 4.25. The molecule has 3 heterocycles. The molecule has 1 saturated heterocycles. The fourth-order valence-corrected chi connectivity index (χ4v) is 5.15. The fraction of sp³-hybridized carbons (Fsp3) is 0.238. The molecule has 0 aliphatic carbocycles. The Hall–Kier alpha value is -2.37. The van der Waals surface area contributed by atoms with Crippen LogP contribution in [0.2, 0.25) is 5.02 Å². The second kappa shape index (κ2) is 5.57. The van der Waals surface area contributed by atoms with Crippen LogP contribution in [0.15, 0.2) is 48.5 Å². The number of anilines is 1. The van der Waals surface area contributed by atoms with Crippen molar-refractivity contribution in [3.63, 3.8) is 0 Å². The van der Waals surface area contributed by atoms with Crippen molar-refractivity contribution < 1.29 is 4.79 Å². The number of hydrogen-bond acceptors (Lipinski definition) is 2. The van der Waals surface area contributed by atoms with Crippen LogP contribution in [0.3, 0.4) is 0 Å². The average molecular weight is 396 g/mol. The molecule has 0 saturated carbocycles. The number of aromatic amines is 1. The van der Waals surface area contributed by atoms with E-state index in [1.54, 1.807) is 17.0 Å². The van der Waals surface area contributed by atoms with Crippen LogP contribution in [0.4, 0.5) is 5.69 Å². The molecule has 1 atom stereocenters. The van der Waals surface area contributed by atoms with Gasteiger partial charge in [0.15, 0.2) is 5.11 Å². The minimum atomic E-state index is -0.412. The van der Waals surface area contributed by atoms with Gasteiger partial charge in [-0.3, -0.25) is 9.69 Å². The van der Waals surface area contributed by atoms with Crippen LogP contribution >= 0.6 is 23.8 Å². The summed E-state index contributed by atoms with van der Waals surface area (Å²) in [4.78, 5) is 20.6. The molecule has 2 aromatic carbocycles. The van der Waals surface area contributed by atoms with Gasteiger partial charge in [-0.1, -0.05) is 29.8 Å². The monoisotopic (exact) mass is 395 g/mol. The highest BCUT2D eigenvalue weighted by molar-refractivity contribution is 7.80. The highest BCUT2D eigenvalue weighted by atomic mass is 35.5. The van der Waals surface area contributed by atoms with Crippen molar-refractivity contribution in [2.24, 2.45) is 0 Å². The number of nitrogens with one attached hydrogen (secondary N) is 1. The van der Waals surface area contributed by atoms with E-state index in [1.165, 1.54) is 10.9 Å². The number of carbonyl (C=O) groups is 1. The van der Waals surface area contributed by atoms with E-state index in [9.17, 15) is 4.79 Å². The first-order valence-electron chi connectivity index (χ1n) is 8.92. The summed E-state index contributed by atoms with van der Waals surface area (Å²) in [5.74, 6) is 0.0197. The van der Waals surface area contributed by atoms with Gasteiger partial charge in [-0.05, 0) is 62.0 Å². The van der Waals surface area contributed by atoms with Crippen molar-refractivity contribution in [2.75, 3.05) is 4.90 Å². The van der Waals surface area contributed by atoms with Crippen LogP contribution in [0, 0.1) is 0 Å². The second-order valence-electron chi connectivity index (χ2n) is 7.61. The third-order valence-corrected chi connectivity index (χ3v) is 6.36. The summed E-state index contributed by atoms with van der Waals surface area (Å²) < 4.78 is 0. The van der Waals surface area contributed by atoms with Crippen molar-refractivity contribution in [3.8, 4) is 0 Å². The van der Waals surface area contributed by atoms with E-state index in [2.05, 4.69) is 35.9 Å². The number of rotatable bonds is 1. The molecule has 0 radical (unpaired) electrons. The number of thiocarbonyl (C=S) groups is 1. The van der Waals surface area contributed by atoms with Crippen LogP contribution in [-0.4, -0.2) is 26.9 Å². The third-order valence-electron chi connectivity index (χ3n) is 5.72. The van der Waals surface area contributed by atoms with Crippen molar-refractivity contribution in [1.82, 2.24) is 9.88 Å². The molecular weight excluding hydrogens is 378 g/mol. The summed E-state index contributed by atoms with van der Waals surface area (Å²) in [7, 11) is 0. The van der Waals surface area contributed by atoms with Gasteiger partial charge in [0.1, 0.15) is 6.04 Å². The Morgan fingerprint density at radius 3 is 2.59 bits per heavy atom. The second-order valence-corrected chi connectivity index (χ2v) is 8.41. The van der Waals surface area contributed by atoms with Crippen LogP contribution in [0.1, 0.15) is 25.1 Å². The molecule has 5 rings (SSSR count). The maximum Gasteiger partial charge on any atom is 0.256 e. The van der Waals surface area contributed by atoms with Crippen LogP contribution in [0.5, 0.6) is 0 Å². The van der Waals surface area contributed by atoms with Crippen molar-refractivity contribution in [1.29, 1.82) is 0 Å². The number of aromatic nitrogens is 1. The van der Waals surface area contributed by atoms with Crippen LogP contribution in [0.25, 0.3) is 10.9 Å². The Morgan fingerprint density at radius 2 is 1.85 bits per heavy atom. The number of amides is 1. The Labute approximate surface area is 167 Å². The smallest absolute Gasteiger partial charge is 0.256 e. The highest BCUT2D eigenvalue weighted by Gasteiger charge is 2.53. The van der Waals surface area contributed by atoms with Crippen molar-refractivity contribution in [2.45, 2.75) is 31.8 Å². The minimum absolute atomic E-state index is 0.0197. The molecule has 2 aliphatic rings. The van der Waals surface area contributed by atoms with Gasteiger partial charge >= 0.3 is 0 Å². The van der Waals surface area contributed by atoms with Crippen molar-refractivity contribution >= 4 is 51.4 Å². The summed E-state index contributed by atoms with van der Waals surface area (Å²) >= 11 is 11.8. The Morgan fingerprint density at radius 1 is 1.15 bits per heavy atom. The summed E-state index contributed by atoms with van der Waals surface area (Å²) in [5.41, 5.74) is 3.79. The quantitative estimate of drug-likeness (QED) is 0.611. The largest absolute Gasteiger partial charge is 0.356 e. The maximum absolute atomic E-state index is 13.3. The van der Waals surface area contributed by atoms with Gasteiger partial charge in [-0.15, -0.1) is 0 Å². The highest BCUT2D eigenvalue weighted by Crippen LogP contribution is 2.45. The molecule has 3 aromatic rings. The van der Waals surface area contributed by atoms with Gasteiger partial charge in [-0.25, -0.2) is 0 Å².